The summed E-state index contributed by atoms with van der Waals surface area (Å²) in [6.45, 7) is 3.86. The number of anilines is 3. The summed E-state index contributed by atoms with van der Waals surface area (Å²) < 4.78 is 13.8. The van der Waals surface area contributed by atoms with Crippen molar-refractivity contribution in [2.24, 2.45) is 0 Å². The Labute approximate surface area is 212 Å². The summed E-state index contributed by atoms with van der Waals surface area (Å²) in [6.07, 6.45) is 3.90. The van der Waals surface area contributed by atoms with E-state index >= 15 is 0 Å². The Morgan fingerprint density at radius 2 is 1.91 bits per heavy atom. The molecule has 0 bridgehead atoms. The van der Waals surface area contributed by atoms with Crippen molar-refractivity contribution < 1.29 is 14.3 Å². The minimum absolute atomic E-state index is 0.342. The summed E-state index contributed by atoms with van der Waals surface area (Å²) >= 11 is 3.43. The van der Waals surface area contributed by atoms with Gasteiger partial charge >= 0.3 is 6.03 Å². The number of rotatable bonds is 6. The fourth-order valence-electron chi connectivity index (χ4n) is 4.25. The molecule has 1 fully saturated rings. The van der Waals surface area contributed by atoms with Crippen LogP contribution >= 0.6 is 15.9 Å². The highest BCUT2D eigenvalue weighted by molar-refractivity contribution is 9.10. The highest BCUT2D eigenvalue weighted by atomic mass is 79.9. The summed E-state index contributed by atoms with van der Waals surface area (Å²) in [4.78, 5) is 19.6. The first kappa shape index (κ1) is 23.2. The summed E-state index contributed by atoms with van der Waals surface area (Å²) in [5, 5.41) is 6.80. The largest absolute Gasteiger partial charge is 0.495 e. The van der Waals surface area contributed by atoms with Gasteiger partial charge < -0.3 is 29.6 Å². The predicted octanol–water partition coefficient (Wildman–Crippen LogP) is 5.34. The Bertz CT molecular complexity index is 1350. The molecule has 2 N–H and O–H groups in total. The number of hydrogen-bond acceptors (Lipinski definition) is 5. The number of amides is 2. The van der Waals surface area contributed by atoms with Crippen LogP contribution in [0.4, 0.5) is 22.0 Å². The lowest BCUT2D eigenvalue weighted by Gasteiger charge is -2.28. The Kier molecular flexibility index (Phi) is 6.87. The Balaban J connectivity index is 1.33. The zero-order valence-electron chi connectivity index (χ0n) is 19.3. The van der Waals surface area contributed by atoms with Gasteiger partial charge in [0.1, 0.15) is 11.6 Å². The van der Waals surface area contributed by atoms with Gasteiger partial charge in [-0.2, -0.15) is 0 Å². The van der Waals surface area contributed by atoms with E-state index in [1.165, 1.54) is 0 Å². The number of carbonyl (C=O) groups excluding carboxylic acids is 1. The maximum Gasteiger partial charge on any atom is 0.323 e. The Hall–Kier alpha value is -3.56. The maximum atomic E-state index is 12.8. The fourth-order valence-corrected chi connectivity index (χ4v) is 4.61. The number of fused-ring (bicyclic) bond motifs is 1. The highest BCUT2D eigenvalue weighted by Crippen LogP contribution is 2.29. The van der Waals surface area contributed by atoms with E-state index in [0.717, 1.165) is 58.7 Å². The minimum atomic E-state index is -0.342. The number of hydrogen-bond donors (Lipinski definition) is 2. The average molecular weight is 536 g/mol. The lowest BCUT2D eigenvalue weighted by Crippen LogP contribution is -2.36. The number of methoxy groups -OCH3 is 1. The number of morpholine rings is 1. The molecule has 0 radical (unpaired) electrons. The molecule has 0 unspecified atom stereocenters. The van der Waals surface area contributed by atoms with Crippen LogP contribution in [-0.2, 0) is 11.3 Å². The van der Waals surface area contributed by atoms with E-state index in [2.05, 4.69) is 53.1 Å². The summed E-state index contributed by atoms with van der Waals surface area (Å²) in [5.74, 6) is 1.56. The molecule has 180 valence electrons. The number of pyridine rings is 1. The number of benzene rings is 2. The van der Waals surface area contributed by atoms with Gasteiger partial charge in [-0.15, -0.1) is 0 Å². The molecule has 0 atom stereocenters. The smallest absolute Gasteiger partial charge is 0.323 e. The second-order valence-corrected chi connectivity index (χ2v) is 9.14. The SMILES string of the molecule is COc1ccc(Br)cc1NC(=O)Nc1cccc2c1ccn2Cc1ccnc(N2CCOCC2)c1. The zero-order valence-corrected chi connectivity index (χ0v) is 20.9. The van der Waals surface area contributed by atoms with Crippen molar-refractivity contribution in [2.45, 2.75) is 6.54 Å². The minimum Gasteiger partial charge on any atom is -0.495 e. The van der Waals surface area contributed by atoms with Crippen molar-refractivity contribution in [3.8, 4) is 5.75 Å². The third-order valence-corrected chi connectivity index (χ3v) is 6.46. The second-order valence-electron chi connectivity index (χ2n) is 8.23. The van der Waals surface area contributed by atoms with E-state index in [4.69, 9.17) is 9.47 Å². The third-order valence-electron chi connectivity index (χ3n) is 5.97. The van der Waals surface area contributed by atoms with Crippen molar-refractivity contribution in [1.29, 1.82) is 0 Å². The van der Waals surface area contributed by atoms with Gasteiger partial charge in [0.2, 0.25) is 0 Å². The van der Waals surface area contributed by atoms with Crippen LogP contribution in [0.1, 0.15) is 5.56 Å². The normalized spacial score (nSPS) is 13.6. The van der Waals surface area contributed by atoms with Crippen molar-refractivity contribution in [2.75, 3.05) is 48.9 Å². The van der Waals surface area contributed by atoms with Crippen LogP contribution in [0, 0.1) is 0 Å². The monoisotopic (exact) mass is 535 g/mol. The standard InChI is InChI=1S/C26H26BrN5O3/c1-34-24-6-5-19(27)16-22(24)30-26(33)29-21-3-2-4-23-20(21)8-10-32(23)17-18-7-9-28-25(15-18)31-11-13-35-14-12-31/h2-10,15-16H,11-14,17H2,1H3,(H2,29,30,33). The van der Waals surface area contributed by atoms with Gasteiger partial charge in [0.25, 0.3) is 0 Å². The zero-order chi connectivity index (χ0) is 24.2. The lowest BCUT2D eigenvalue weighted by atomic mass is 10.2. The molecule has 2 aromatic heterocycles. The molecule has 1 aliphatic rings. The Morgan fingerprint density at radius 3 is 2.74 bits per heavy atom. The van der Waals surface area contributed by atoms with Gasteiger partial charge in [-0.3, -0.25) is 0 Å². The van der Waals surface area contributed by atoms with E-state index in [0.29, 0.717) is 18.0 Å². The summed E-state index contributed by atoms with van der Waals surface area (Å²) in [7, 11) is 1.57. The van der Waals surface area contributed by atoms with Crippen LogP contribution in [0.3, 0.4) is 0 Å². The Morgan fingerprint density at radius 1 is 1.09 bits per heavy atom. The first-order chi connectivity index (χ1) is 17.1. The molecule has 0 aliphatic carbocycles. The molecule has 3 heterocycles. The second kappa shape index (κ2) is 10.4. The van der Waals surface area contributed by atoms with Crippen molar-refractivity contribution in [3.63, 3.8) is 0 Å². The van der Waals surface area contributed by atoms with Gasteiger partial charge in [0.05, 0.1) is 37.2 Å². The van der Waals surface area contributed by atoms with E-state index in [-0.39, 0.29) is 6.03 Å². The van der Waals surface area contributed by atoms with Crippen LogP contribution < -0.4 is 20.3 Å². The summed E-state index contributed by atoms with van der Waals surface area (Å²) in [6, 6.07) is 17.2. The van der Waals surface area contributed by atoms with Crippen molar-refractivity contribution in [3.05, 3.63) is 77.0 Å². The van der Waals surface area contributed by atoms with E-state index in [1.807, 2.05) is 42.7 Å². The number of aromatic nitrogens is 2. The third kappa shape index (κ3) is 5.26. The first-order valence-corrected chi connectivity index (χ1v) is 12.2. The molecule has 9 heteroatoms. The van der Waals surface area contributed by atoms with Crippen LogP contribution in [-0.4, -0.2) is 49.0 Å². The summed E-state index contributed by atoms with van der Waals surface area (Å²) in [5.41, 5.74) is 3.51. The number of carbonyl (C=O) groups is 1. The van der Waals surface area contributed by atoms with Crippen molar-refractivity contribution >= 4 is 50.1 Å². The van der Waals surface area contributed by atoms with E-state index < -0.39 is 0 Å². The van der Waals surface area contributed by atoms with E-state index in [1.54, 1.807) is 19.2 Å². The van der Waals surface area contributed by atoms with Gasteiger partial charge in [0.15, 0.2) is 0 Å². The quantitative estimate of drug-likeness (QED) is 0.348. The van der Waals surface area contributed by atoms with Gasteiger partial charge in [-0.05, 0) is 54.1 Å². The first-order valence-electron chi connectivity index (χ1n) is 11.4. The van der Waals surface area contributed by atoms with E-state index in [9.17, 15) is 4.79 Å². The molecular weight excluding hydrogens is 510 g/mol. The number of halogens is 1. The predicted molar refractivity (Wildman–Crippen MR) is 142 cm³/mol. The molecule has 1 saturated heterocycles. The lowest BCUT2D eigenvalue weighted by molar-refractivity contribution is 0.122. The molecule has 0 saturated carbocycles. The molecule has 35 heavy (non-hydrogen) atoms. The molecule has 8 nitrogen and oxygen atoms in total. The fraction of sp³-hybridized carbons (Fsp3) is 0.231. The molecule has 1 aliphatic heterocycles. The van der Waals surface area contributed by atoms with Gasteiger partial charge in [-0.1, -0.05) is 22.0 Å². The topological polar surface area (TPSA) is 80.7 Å². The van der Waals surface area contributed by atoms with Crippen LogP contribution in [0.15, 0.2) is 71.5 Å². The number of urea groups is 1. The molecule has 4 aromatic rings. The highest BCUT2D eigenvalue weighted by Gasteiger charge is 2.14. The van der Waals surface area contributed by atoms with Crippen molar-refractivity contribution in [1.82, 2.24) is 9.55 Å². The van der Waals surface area contributed by atoms with Gasteiger partial charge in [-0.25, -0.2) is 9.78 Å². The van der Waals surface area contributed by atoms with Crippen LogP contribution in [0.2, 0.25) is 0 Å². The molecule has 5 rings (SSSR count). The number of ether oxygens (including phenoxy) is 2. The van der Waals surface area contributed by atoms with Crippen LogP contribution in [0.25, 0.3) is 10.9 Å². The average Bonchev–Trinajstić information content (AvgIpc) is 3.28. The van der Waals surface area contributed by atoms with Crippen LogP contribution in [0.5, 0.6) is 5.75 Å². The number of nitrogens with one attached hydrogen (secondary N) is 2. The number of nitrogens with zero attached hydrogens (tertiary/aromatic N) is 3. The molecular formula is C26H26BrN5O3. The van der Waals surface area contributed by atoms with Gasteiger partial charge in [0, 0.05) is 41.9 Å². The maximum absolute atomic E-state index is 12.8. The molecule has 0 spiro atoms. The molecule has 2 aromatic carbocycles. The molecule has 2 amide bonds.